The molecule has 3 rings (SSSR count). The zero-order valence-electron chi connectivity index (χ0n) is 23.5. The van der Waals surface area contributed by atoms with E-state index in [4.69, 9.17) is 9.47 Å². The van der Waals surface area contributed by atoms with Gasteiger partial charge < -0.3 is 9.47 Å². The van der Waals surface area contributed by atoms with Gasteiger partial charge in [0.25, 0.3) is 0 Å². The lowest BCUT2D eigenvalue weighted by atomic mass is 10.0. The second-order valence-corrected chi connectivity index (χ2v) is 10.1. The van der Waals surface area contributed by atoms with E-state index >= 15 is 0 Å². The SMILES string of the molecule is CCCCCCCCCc1ccc(-c2cnc(-c3ccc(OCC(C)OC(=O)CCCC)cc3)nc2)cc1. The van der Waals surface area contributed by atoms with Crippen LogP contribution in [0.5, 0.6) is 5.75 Å². The molecule has 5 nitrogen and oxygen atoms in total. The summed E-state index contributed by atoms with van der Waals surface area (Å²) in [6.45, 7) is 6.48. The van der Waals surface area contributed by atoms with Gasteiger partial charge in [-0.25, -0.2) is 9.97 Å². The Morgan fingerprint density at radius 2 is 1.34 bits per heavy atom. The predicted molar refractivity (Wildman–Crippen MR) is 155 cm³/mol. The van der Waals surface area contributed by atoms with Gasteiger partial charge in [0.05, 0.1) is 0 Å². The van der Waals surface area contributed by atoms with E-state index in [2.05, 4.69) is 48.1 Å². The van der Waals surface area contributed by atoms with Crippen molar-refractivity contribution in [2.24, 2.45) is 0 Å². The highest BCUT2D eigenvalue weighted by atomic mass is 16.6. The fourth-order valence-electron chi connectivity index (χ4n) is 4.33. The molecule has 0 N–H and O–H groups in total. The number of hydrogen-bond donors (Lipinski definition) is 0. The van der Waals surface area contributed by atoms with Crippen LogP contribution in [0, 0.1) is 0 Å². The quantitative estimate of drug-likeness (QED) is 0.133. The molecule has 0 aliphatic heterocycles. The number of unbranched alkanes of at least 4 members (excludes halogenated alkanes) is 7. The molecule has 204 valence electrons. The number of hydrogen-bond acceptors (Lipinski definition) is 5. The van der Waals surface area contributed by atoms with Crippen LogP contribution in [0.1, 0.15) is 90.5 Å². The number of rotatable bonds is 17. The number of esters is 1. The van der Waals surface area contributed by atoms with Gasteiger partial charge in [0.1, 0.15) is 18.5 Å². The number of carbonyl (C=O) groups is 1. The average Bonchev–Trinajstić information content (AvgIpc) is 2.95. The molecule has 1 heterocycles. The number of ether oxygens (including phenoxy) is 2. The van der Waals surface area contributed by atoms with Gasteiger partial charge in [-0.15, -0.1) is 0 Å². The first-order chi connectivity index (χ1) is 18.6. The Hall–Kier alpha value is -3.21. The smallest absolute Gasteiger partial charge is 0.306 e. The van der Waals surface area contributed by atoms with Gasteiger partial charge in [-0.2, -0.15) is 0 Å². The van der Waals surface area contributed by atoms with E-state index in [1.165, 1.54) is 50.5 Å². The minimum absolute atomic E-state index is 0.168. The van der Waals surface area contributed by atoms with Gasteiger partial charge in [-0.05, 0) is 61.6 Å². The van der Waals surface area contributed by atoms with E-state index in [0.29, 0.717) is 18.9 Å². The van der Waals surface area contributed by atoms with Crippen molar-refractivity contribution < 1.29 is 14.3 Å². The summed E-state index contributed by atoms with van der Waals surface area (Å²) in [5.41, 5.74) is 4.46. The lowest BCUT2D eigenvalue weighted by molar-refractivity contribution is -0.149. The molecule has 0 aliphatic rings. The monoisotopic (exact) mass is 516 g/mol. The highest BCUT2D eigenvalue weighted by Gasteiger charge is 2.10. The second kappa shape index (κ2) is 16.6. The minimum Gasteiger partial charge on any atom is -0.490 e. The summed E-state index contributed by atoms with van der Waals surface area (Å²) in [5.74, 6) is 1.23. The van der Waals surface area contributed by atoms with Gasteiger partial charge in [-0.1, -0.05) is 83.1 Å². The molecule has 38 heavy (non-hydrogen) atoms. The Morgan fingerprint density at radius 3 is 2.00 bits per heavy atom. The van der Waals surface area contributed by atoms with Gasteiger partial charge in [-0.3, -0.25) is 4.79 Å². The van der Waals surface area contributed by atoms with E-state index in [1.807, 2.05) is 43.6 Å². The number of aryl methyl sites for hydroxylation is 1. The molecule has 0 aliphatic carbocycles. The maximum atomic E-state index is 11.7. The topological polar surface area (TPSA) is 61.3 Å². The maximum Gasteiger partial charge on any atom is 0.306 e. The second-order valence-electron chi connectivity index (χ2n) is 10.1. The highest BCUT2D eigenvalue weighted by molar-refractivity contribution is 5.69. The van der Waals surface area contributed by atoms with E-state index in [1.54, 1.807) is 0 Å². The van der Waals surface area contributed by atoms with Crippen LogP contribution in [0.25, 0.3) is 22.5 Å². The van der Waals surface area contributed by atoms with Crippen molar-refractivity contribution >= 4 is 5.97 Å². The van der Waals surface area contributed by atoms with Crippen LogP contribution < -0.4 is 4.74 Å². The van der Waals surface area contributed by atoms with E-state index in [9.17, 15) is 4.79 Å². The Kier molecular flexibility index (Phi) is 12.8. The third-order valence-electron chi connectivity index (χ3n) is 6.67. The van der Waals surface area contributed by atoms with Gasteiger partial charge in [0.15, 0.2) is 5.82 Å². The fourth-order valence-corrected chi connectivity index (χ4v) is 4.33. The van der Waals surface area contributed by atoms with Crippen LogP contribution in [0.4, 0.5) is 0 Å². The van der Waals surface area contributed by atoms with Crippen LogP contribution in [0.3, 0.4) is 0 Å². The zero-order valence-corrected chi connectivity index (χ0v) is 23.5. The molecule has 0 fully saturated rings. The van der Waals surface area contributed by atoms with Crippen molar-refractivity contribution in [2.45, 2.75) is 97.5 Å². The zero-order chi connectivity index (χ0) is 27.0. The van der Waals surface area contributed by atoms with Gasteiger partial charge >= 0.3 is 5.97 Å². The molecular formula is C33H44N2O3. The number of carbonyl (C=O) groups excluding carboxylic acids is 1. The minimum atomic E-state index is -0.288. The number of benzene rings is 2. The molecule has 0 amide bonds. The van der Waals surface area contributed by atoms with Gasteiger partial charge in [0, 0.05) is 29.9 Å². The molecule has 1 aromatic heterocycles. The largest absolute Gasteiger partial charge is 0.490 e. The average molecular weight is 517 g/mol. The van der Waals surface area contributed by atoms with Crippen molar-refractivity contribution in [3.05, 3.63) is 66.5 Å². The molecular weight excluding hydrogens is 472 g/mol. The summed E-state index contributed by atoms with van der Waals surface area (Å²) >= 11 is 0. The van der Waals surface area contributed by atoms with Crippen molar-refractivity contribution in [2.75, 3.05) is 6.61 Å². The van der Waals surface area contributed by atoms with E-state index in [-0.39, 0.29) is 12.1 Å². The maximum absolute atomic E-state index is 11.7. The van der Waals surface area contributed by atoms with E-state index < -0.39 is 0 Å². The molecule has 0 bridgehead atoms. The first-order valence-electron chi connectivity index (χ1n) is 14.4. The van der Waals surface area contributed by atoms with Crippen LogP contribution in [0.2, 0.25) is 0 Å². The molecule has 5 heteroatoms. The summed E-state index contributed by atoms with van der Waals surface area (Å²) in [4.78, 5) is 20.9. The summed E-state index contributed by atoms with van der Waals surface area (Å²) in [7, 11) is 0. The fraction of sp³-hybridized carbons (Fsp3) is 0.485. The Balaban J connectivity index is 1.45. The third kappa shape index (κ3) is 10.3. The van der Waals surface area contributed by atoms with Crippen LogP contribution >= 0.6 is 0 Å². The van der Waals surface area contributed by atoms with Crippen molar-refractivity contribution in [3.63, 3.8) is 0 Å². The molecule has 1 unspecified atom stereocenters. The van der Waals surface area contributed by atoms with Crippen LogP contribution in [-0.2, 0) is 16.0 Å². The van der Waals surface area contributed by atoms with Crippen molar-refractivity contribution in [3.8, 4) is 28.3 Å². The molecule has 0 saturated heterocycles. The molecule has 3 aromatic rings. The lowest BCUT2D eigenvalue weighted by Crippen LogP contribution is -2.21. The predicted octanol–water partition coefficient (Wildman–Crippen LogP) is 8.60. The standard InChI is InChI=1S/C33H44N2O3/c1-4-6-8-9-10-11-12-13-27-15-17-28(18-16-27)30-23-34-33(35-24-30)29-19-21-31(22-20-29)37-25-26(3)38-32(36)14-7-5-2/h15-24,26H,4-14,25H2,1-3H3. The van der Waals surface area contributed by atoms with Crippen LogP contribution in [0.15, 0.2) is 60.9 Å². The van der Waals surface area contributed by atoms with Crippen molar-refractivity contribution in [1.82, 2.24) is 9.97 Å². The van der Waals surface area contributed by atoms with E-state index in [0.717, 1.165) is 41.7 Å². The summed E-state index contributed by atoms with van der Waals surface area (Å²) in [6, 6.07) is 16.5. The van der Waals surface area contributed by atoms with Gasteiger partial charge in [0.2, 0.25) is 0 Å². The number of nitrogens with zero attached hydrogens (tertiary/aromatic N) is 2. The van der Waals surface area contributed by atoms with Crippen LogP contribution in [-0.4, -0.2) is 28.6 Å². The molecule has 2 aromatic carbocycles. The molecule has 0 radical (unpaired) electrons. The summed E-state index contributed by atoms with van der Waals surface area (Å²) in [5, 5.41) is 0. The highest BCUT2D eigenvalue weighted by Crippen LogP contribution is 2.23. The Labute approximate surface area is 229 Å². The van der Waals surface area contributed by atoms with Crippen molar-refractivity contribution in [1.29, 1.82) is 0 Å². The Morgan fingerprint density at radius 1 is 0.737 bits per heavy atom. The molecule has 1 atom stereocenters. The lowest BCUT2D eigenvalue weighted by Gasteiger charge is -2.14. The first kappa shape index (κ1) is 29.3. The molecule has 0 saturated carbocycles. The first-order valence-corrected chi connectivity index (χ1v) is 14.4. The summed E-state index contributed by atoms with van der Waals surface area (Å²) in [6.07, 6.45) is 16.3. The normalized spacial score (nSPS) is 11.8. The molecule has 0 spiro atoms. The Bertz CT molecular complexity index is 1060. The summed E-state index contributed by atoms with van der Waals surface area (Å²) < 4.78 is 11.2. The third-order valence-corrected chi connectivity index (χ3v) is 6.67. The number of aromatic nitrogens is 2.